The standard InChI is InChI=1S/C21H24N2O4S/c1-15(2)28(26,27)13-11-16(3)17-4-6-19(7-5-17)22-12-10-18-14-20(23(24)25)8-9-21(18)22/h4-10,12,14-16H,11,13H2,1-3H3/t16-/m0/s1. The number of non-ortho nitro benzene ring substituents is 1. The Morgan fingerprint density at radius 1 is 1.04 bits per heavy atom. The molecule has 0 radical (unpaired) electrons. The van der Waals surface area contributed by atoms with E-state index in [-0.39, 0.29) is 22.6 Å². The van der Waals surface area contributed by atoms with E-state index in [9.17, 15) is 18.5 Å². The summed E-state index contributed by atoms with van der Waals surface area (Å²) in [7, 11) is -3.03. The lowest BCUT2D eigenvalue weighted by atomic mass is 9.98. The van der Waals surface area contributed by atoms with Crippen LogP contribution in [0.5, 0.6) is 0 Å². The van der Waals surface area contributed by atoms with Gasteiger partial charge < -0.3 is 4.57 Å². The van der Waals surface area contributed by atoms with E-state index in [1.807, 2.05) is 48.0 Å². The zero-order valence-corrected chi connectivity index (χ0v) is 17.0. The molecule has 0 bridgehead atoms. The highest BCUT2D eigenvalue weighted by atomic mass is 32.2. The van der Waals surface area contributed by atoms with Gasteiger partial charge in [-0.1, -0.05) is 19.1 Å². The molecule has 3 rings (SSSR count). The van der Waals surface area contributed by atoms with Gasteiger partial charge in [0.15, 0.2) is 9.84 Å². The fourth-order valence-electron chi connectivity index (χ4n) is 3.18. The number of rotatable bonds is 7. The van der Waals surface area contributed by atoms with Gasteiger partial charge in [0.1, 0.15) is 0 Å². The number of nitro benzene ring substituents is 1. The molecule has 148 valence electrons. The normalized spacial score (nSPS) is 13.1. The first kappa shape index (κ1) is 20.1. The van der Waals surface area contributed by atoms with Crippen LogP contribution in [-0.2, 0) is 9.84 Å². The van der Waals surface area contributed by atoms with Crippen molar-refractivity contribution < 1.29 is 13.3 Å². The minimum atomic E-state index is -3.03. The fourth-order valence-corrected chi connectivity index (χ4v) is 4.33. The number of nitro groups is 1. The molecule has 0 saturated heterocycles. The second-order valence-corrected chi connectivity index (χ2v) is 10.1. The largest absolute Gasteiger partial charge is 0.317 e. The average molecular weight is 401 g/mol. The molecule has 0 aliphatic rings. The zero-order valence-electron chi connectivity index (χ0n) is 16.2. The maximum atomic E-state index is 12.0. The van der Waals surface area contributed by atoms with Crippen molar-refractivity contribution in [3.8, 4) is 5.69 Å². The second-order valence-electron chi connectivity index (χ2n) is 7.38. The predicted molar refractivity (Wildman–Crippen MR) is 112 cm³/mol. The third-order valence-corrected chi connectivity index (χ3v) is 7.42. The van der Waals surface area contributed by atoms with E-state index in [1.54, 1.807) is 26.0 Å². The molecule has 0 N–H and O–H groups in total. The Bertz CT molecular complexity index is 1100. The SMILES string of the molecule is CC(C)S(=O)(=O)CC[C@H](C)c1ccc(-n2ccc3cc([N+](=O)[O-])ccc32)cc1. The van der Waals surface area contributed by atoms with E-state index < -0.39 is 14.8 Å². The van der Waals surface area contributed by atoms with Crippen molar-refractivity contribution in [3.63, 3.8) is 0 Å². The average Bonchev–Trinajstić information content (AvgIpc) is 3.09. The van der Waals surface area contributed by atoms with E-state index in [0.29, 0.717) is 6.42 Å². The molecular formula is C21H24N2O4S. The smallest absolute Gasteiger partial charge is 0.270 e. The van der Waals surface area contributed by atoms with E-state index in [4.69, 9.17) is 0 Å². The van der Waals surface area contributed by atoms with Gasteiger partial charge in [-0.25, -0.2) is 8.42 Å². The van der Waals surface area contributed by atoms with Crippen molar-refractivity contribution in [2.75, 3.05) is 5.75 Å². The molecule has 2 aromatic carbocycles. The molecule has 0 aliphatic heterocycles. The summed E-state index contributed by atoms with van der Waals surface area (Å²) in [6.07, 6.45) is 2.48. The molecule has 0 amide bonds. The van der Waals surface area contributed by atoms with Crippen LogP contribution in [0.4, 0.5) is 5.69 Å². The Kier molecular flexibility index (Phi) is 5.56. The molecular weight excluding hydrogens is 376 g/mol. The molecule has 1 atom stereocenters. The monoisotopic (exact) mass is 400 g/mol. The number of aromatic nitrogens is 1. The predicted octanol–water partition coefficient (Wildman–Crippen LogP) is 4.86. The first-order valence-electron chi connectivity index (χ1n) is 9.26. The fraction of sp³-hybridized carbons (Fsp3) is 0.333. The molecule has 28 heavy (non-hydrogen) atoms. The van der Waals surface area contributed by atoms with Crippen LogP contribution in [0.25, 0.3) is 16.6 Å². The van der Waals surface area contributed by atoms with Crippen molar-refractivity contribution >= 4 is 26.4 Å². The van der Waals surface area contributed by atoms with E-state index >= 15 is 0 Å². The highest BCUT2D eigenvalue weighted by Gasteiger charge is 2.18. The maximum Gasteiger partial charge on any atom is 0.270 e. The highest BCUT2D eigenvalue weighted by Crippen LogP contribution is 2.26. The van der Waals surface area contributed by atoms with Crippen molar-refractivity contribution in [1.82, 2.24) is 4.57 Å². The van der Waals surface area contributed by atoms with Gasteiger partial charge in [-0.2, -0.15) is 0 Å². The molecule has 6 nitrogen and oxygen atoms in total. The van der Waals surface area contributed by atoms with Crippen LogP contribution >= 0.6 is 0 Å². The van der Waals surface area contributed by atoms with Crippen LogP contribution in [0, 0.1) is 10.1 Å². The number of benzene rings is 2. The van der Waals surface area contributed by atoms with Gasteiger partial charge in [-0.15, -0.1) is 0 Å². The van der Waals surface area contributed by atoms with Crippen LogP contribution in [0.1, 0.15) is 38.7 Å². The van der Waals surface area contributed by atoms with Crippen LogP contribution < -0.4 is 0 Å². The lowest BCUT2D eigenvalue weighted by Gasteiger charge is -2.14. The van der Waals surface area contributed by atoms with Crippen molar-refractivity contribution in [1.29, 1.82) is 0 Å². The molecule has 0 fully saturated rings. The third kappa shape index (κ3) is 4.09. The van der Waals surface area contributed by atoms with Crippen LogP contribution in [0.15, 0.2) is 54.7 Å². The van der Waals surface area contributed by atoms with Gasteiger partial charge in [-0.3, -0.25) is 10.1 Å². The number of hydrogen-bond donors (Lipinski definition) is 0. The molecule has 3 aromatic rings. The van der Waals surface area contributed by atoms with Crippen molar-refractivity contribution in [3.05, 3.63) is 70.4 Å². The van der Waals surface area contributed by atoms with Crippen LogP contribution in [0.2, 0.25) is 0 Å². The Labute approximate surface area is 164 Å². The molecule has 0 aliphatic carbocycles. The first-order chi connectivity index (χ1) is 13.2. The maximum absolute atomic E-state index is 12.0. The van der Waals surface area contributed by atoms with Gasteiger partial charge in [-0.05, 0) is 56.0 Å². The minimum Gasteiger partial charge on any atom is -0.317 e. The van der Waals surface area contributed by atoms with E-state index in [1.165, 1.54) is 6.07 Å². The minimum absolute atomic E-state index is 0.0748. The van der Waals surface area contributed by atoms with Crippen LogP contribution in [0.3, 0.4) is 0 Å². The molecule has 0 saturated carbocycles. The molecule has 1 aromatic heterocycles. The summed E-state index contributed by atoms with van der Waals surface area (Å²) in [5, 5.41) is 11.4. The summed E-state index contributed by atoms with van der Waals surface area (Å²) in [4.78, 5) is 10.5. The quantitative estimate of drug-likeness (QED) is 0.419. The summed E-state index contributed by atoms with van der Waals surface area (Å²) in [5.74, 6) is 0.334. The first-order valence-corrected chi connectivity index (χ1v) is 11.0. The lowest BCUT2D eigenvalue weighted by Crippen LogP contribution is -2.18. The van der Waals surface area contributed by atoms with E-state index in [2.05, 4.69) is 0 Å². The lowest BCUT2D eigenvalue weighted by molar-refractivity contribution is -0.384. The summed E-state index contributed by atoms with van der Waals surface area (Å²) in [6.45, 7) is 5.46. The Morgan fingerprint density at radius 2 is 1.71 bits per heavy atom. The molecule has 0 spiro atoms. The Morgan fingerprint density at radius 3 is 2.32 bits per heavy atom. The third-order valence-electron chi connectivity index (χ3n) is 5.18. The summed E-state index contributed by atoms with van der Waals surface area (Å²) in [6, 6.07) is 14.7. The Hall–Kier alpha value is -2.67. The highest BCUT2D eigenvalue weighted by molar-refractivity contribution is 7.91. The zero-order chi connectivity index (χ0) is 20.5. The summed E-state index contributed by atoms with van der Waals surface area (Å²) < 4.78 is 26.0. The van der Waals surface area contributed by atoms with Gasteiger partial charge in [0.05, 0.1) is 21.4 Å². The van der Waals surface area contributed by atoms with Crippen molar-refractivity contribution in [2.45, 2.75) is 38.4 Å². The van der Waals surface area contributed by atoms with Gasteiger partial charge >= 0.3 is 0 Å². The summed E-state index contributed by atoms with van der Waals surface area (Å²) >= 11 is 0. The number of fused-ring (bicyclic) bond motifs is 1. The number of sulfone groups is 1. The van der Waals surface area contributed by atoms with Gasteiger partial charge in [0.25, 0.3) is 5.69 Å². The molecule has 1 heterocycles. The van der Waals surface area contributed by atoms with E-state index in [0.717, 1.165) is 22.2 Å². The van der Waals surface area contributed by atoms with Gasteiger partial charge in [0, 0.05) is 29.4 Å². The van der Waals surface area contributed by atoms with Crippen LogP contribution in [-0.4, -0.2) is 28.9 Å². The molecule has 0 unspecified atom stereocenters. The molecule has 7 heteroatoms. The van der Waals surface area contributed by atoms with Crippen molar-refractivity contribution in [2.24, 2.45) is 0 Å². The number of hydrogen-bond acceptors (Lipinski definition) is 4. The summed E-state index contributed by atoms with van der Waals surface area (Å²) in [5.41, 5.74) is 3.02. The number of nitrogens with zero attached hydrogens (tertiary/aromatic N) is 2. The second kappa shape index (κ2) is 7.75. The van der Waals surface area contributed by atoms with Gasteiger partial charge in [0.2, 0.25) is 0 Å². The topological polar surface area (TPSA) is 82.2 Å². The Balaban J connectivity index is 1.79.